The summed E-state index contributed by atoms with van der Waals surface area (Å²) in [7, 11) is 1.52. The predicted molar refractivity (Wildman–Crippen MR) is 308 cm³/mol. The van der Waals surface area contributed by atoms with E-state index in [1.165, 1.54) is 51.4 Å². The third kappa shape index (κ3) is 54.0. The smallest absolute Gasteiger partial charge is 0.387 e. The van der Waals surface area contributed by atoms with Crippen molar-refractivity contribution in [2.24, 2.45) is 0 Å². The normalized spacial score (nSPS) is 15.1. The second-order valence-electron chi connectivity index (χ2n) is 19.2. The van der Waals surface area contributed by atoms with Crippen molar-refractivity contribution >= 4 is 13.7 Å². The Morgan fingerprint density at radius 3 is 1.30 bits per heavy atom. The van der Waals surface area contributed by atoms with E-state index in [0.29, 0.717) is 17.4 Å². The molecule has 0 aliphatic heterocycles. The van der Waals surface area contributed by atoms with Crippen LogP contribution in [0.2, 0.25) is 0 Å². The van der Waals surface area contributed by atoms with Crippen LogP contribution in [0.3, 0.4) is 0 Å². The molecular formula is C62H104N2O6P+. The summed E-state index contributed by atoms with van der Waals surface area (Å²) in [6.07, 6.45) is 79.6. The first-order valence-corrected chi connectivity index (χ1v) is 29.2. The SMILES string of the molecule is CC/C=C\C/C=C\C/C=C\C/C=C\C/C=C\C/C=C\C/C=C\C/C=C\C/C=C\C/C=C\CCCCCCCCCCC(=O)NC(COP(=O)(O)OCC[N+](C)(C)C)C(O)/C=C/CC/C=C/CCCCCC. The number of carbonyl (C=O) groups is 1. The van der Waals surface area contributed by atoms with Gasteiger partial charge in [0, 0.05) is 6.42 Å². The number of aliphatic hydroxyl groups is 1. The Kier molecular flexibility index (Phi) is 48.7. The molecule has 0 rings (SSSR count). The first-order valence-electron chi connectivity index (χ1n) is 27.7. The molecule has 0 aliphatic rings. The van der Waals surface area contributed by atoms with E-state index in [9.17, 15) is 19.4 Å². The first kappa shape index (κ1) is 67.4. The molecule has 0 aromatic carbocycles. The highest BCUT2D eigenvalue weighted by Gasteiger charge is 2.27. The zero-order chi connectivity index (χ0) is 52.0. The van der Waals surface area contributed by atoms with Gasteiger partial charge in [-0.1, -0.05) is 217 Å². The zero-order valence-corrected chi connectivity index (χ0v) is 46.5. The zero-order valence-electron chi connectivity index (χ0n) is 45.6. The van der Waals surface area contributed by atoms with Crippen LogP contribution < -0.4 is 5.32 Å². The molecule has 0 radical (unpaired) electrons. The summed E-state index contributed by atoms with van der Waals surface area (Å²) < 4.78 is 23.5. The number of amides is 1. The van der Waals surface area contributed by atoms with E-state index in [-0.39, 0.29) is 19.1 Å². The molecule has 0 saturated heterocycles. The average molecular weight is 1000 g/mol. The number of unbranched alkanes of at least 4 members (excludes halogenated alkanes) is 13. The number of nitrogens with one attached hydrogen (secondary N) is 1. The Labute approximate surface area is 436 Å². The minimum Gasteiger partial charge on any atom is -0.387 e. The Bertz CT molecular complexity index is 1660. The molecule has 9 heteroatoms. The predicted octanol–water partition coefficient (Wildman–Crippen LogP) is 16.9. The maximum Gasteiger partial charge on any atom is 0.472 e. The number of hydrogen-bond acceptors (Lipinski definition) is 5. The van der Waals surface area contributed by atoms with Gasteiger partial charge in [-0.3, -0.25) is 13.8 Å². The van der Waals surface area contributed by atoms with Crippen LogP contribution in [0.1, 0.15) is 187 Å². The van der Waals surface area contributed by atoms with Crippen LogP contribution >= 0.6 is 7.82 Å². The molecule has 0 saturated carbocycles. The molecule has 0 aromatic rings. The van der Waals surface area contributed by atoms with Gasteiger partial charge in [0.05, 0.1) is 39.9 Å². The van der Waals surface area contributed by atoms with E-state index < -0.39 is 20.0 Å². The average Bonchev–Trinajstić information content (AvgIpc) is 3.33. The van der Waals surface area contributed by atoms with Gasteiger partial charge in [-0.15, -0.1) is 0 Å². The molecule has 3 unspecified atom stereocenters. The van der Waals surface area contributed by atoms with Gasteiger partial charge in [-0.25, -0.2) is 4.57 Å². The van der Waals surface area contributed by atoms with Crippen molar-refractivity contribution in [1.82, 2.24) is 5.32 Å². The molecule has 0 aromatic heterocycles. The molecule has 3 N–H and O–H groups in total. The number of hydrogen-bond donors (Lipinski definition) is 3. The van der Waals surface area contributed by atoms with Crippen molar-refractivity contribution in [3.63, 3.8) is 0 Å². The highest BCUT2D eigenvalue weighted by molar-refractivity contribution is 7.47. The number of phosphoric ester groups is 1. The number of phosphoric acid groups is 1. The molecule has 0 spiro atoms. The first-order chi connectivity index (χ1) is 34.5. The number of likely N-dealkylation sites (N-methyl/N-ethyl adjacent to an activating group) is 1. The van der Waals surface area contributed by atoms with Gasteiger partial charge in [0.2, 0.25) is 5.91 Å². The van der Waals surface area contributed by atoms with Crippen molar-refractivity contribution in [2.75, 3.05) is 40.9 Å². The Morgan fingerprint density at radius 2 is 0.859 bits per heavy atom. The van der Waals surface area contributed by atoms with Crippen LogP contribution in [0, 0.1) is 0 Å². The fraction of sp³-hybridized carbons (Fsp3) is 0.597. The van der Waals surface area contributed by atoms with Crippen molar-refractivity contribution in [3.05, 3.63) is 146 Å². The summed E-state index contributed by atoms with van der Waals surface area (Å²) in [4.78, 5) is 23.2. The summed E-state index contributed by atoms with van der Waals surface area (Å²) >= 11 is 0. The quantitative estimate of drug-likeness (QED) is 0.0243. The minimum absolute atomic E-state index is 0.0467. The molecular weight excluding hydrogens is 900 g/mol. The third-order valence-electron chi connectivity index (χ3n) is 11.3. The van der Waals surface area contributed by atoms with Crippen molar-refractivity contribution in [1.29, 1.82) is 0 Å². The summed E-state index contributed by atoms with van der Waals surface area (Å²) in [5.41, 5.74) is 0. The summed E-state index contributed by atoms with van der Waals surface area (Å²) in [5.74, 6) is -0.205. The minimum atomic E-state index is -4.36. The van der Waals surface area contributed by atoms with E-state index in [2.05, 4.69) is 153 Å². The van der Waals surface area contributed by atoms with Crippen LogP contribution in [0.5, 0.6) is 0 Å². The monoisotopic (exact) mass is 1000 g/mol. The summed E-state index contributed by atoms with van der Waals surface area (Å²) in [6.45, 7) is 4.60. The fourth-order valence-corrected chi connectivity index (χ4v) is 7.70. The Hall–Kier alpha value is -3.62. The lowest BCUT2D eigenvalue weighted by molar-refractivity contribution is -0.870. The van der Waals surface area contributed by atoms with Gasteiger partial charge >= 0.3 is 7.82 Å². The van der Waals surface area contributed by atoms with E-state index in [1.54, 1.807) is 6.08 Å². The highest BCUT2D eigenvalue weighted by atomic mass is 31.2. The number of quaternary nitrogens is 1. The molecule has 71 heavy (non-hydrogen) atoms. The highest BCUT2D eigenvalue weighted by Crippen LogP contribution is 2.43. The standard InChI is InChI=1S/C62H103N2O6P/c1-6-8-10-12-14-16-18-19-20-21-22-23-24-25-26-27-28-29-30-31-32-33-34-35-36-37-38-39-40-41-42-43-44-45-46-48-50-52-54-56-62(66)63-60(59-70-71(67,68)69-58-57-64(3,4)5)61(65)55-53-51-49-47-17-15-13-11-9-7-2/h8,10,14,16-17,19-20,22-23,25-26,28-29,31-32,34-35,37-38,40-41,47,53,55,60-61,65H,6-7,9,11-13,15,18,21,24,27,30,33,36,39,42-46,48-52,54,56-59H2,1-5H3,(H-,63,66,67,68)/p+1/b10-8-,16-14-,20-19-,23-22-,26-25-,29-28-,32-31-,35-34-,38-37-,41-40-,47-17+,55-53+. The molecule has 1 amide bonds. The van der Waals surface area contributed by atoms with Gasteiger partial charge in [0.25, 0.3) is 0 Å². The van der Waals surface area contributed by atoms with Crippen molar-refractivity contribution in [3.8, 4) is 0 Å². The molecule has 8 nitrogen and oxygen atoms in total. The van der Waals surface area contributed by atoms with Gasteiger partial charge in [0.1, 0.15) is 13.2 Å². The summed E-state index contributed by atoms with van der Waals surface area (Å²) in [5, 5.41) is 13.8. The van der Waals surface area contributed by atoms with Crippen LogP contribution in [0.15, 0.2) is 146 Å². The largest absolute Gasteiger partial charge is 0.472 e. The molecule has 0 aliphatic carbocycles. The second-order valence-corrected chi connectivity index (χ2v) is 20.7. The molecule has 0 bridgehead atoms. The Balaban J connectivity index is 4.11. The van der Waals surface area contributed by atoms with Gasteiger partial charge in [-0.05, 0) is 109 Å². The lowest BCUT2D eigenvalue weighted by Crippen LogP contribution is -2.45. The number of allylic oxidation sites excluding steroid dienone is 23. The lowest BCUT2D eigenvalue weighted by atomic mass is 10.1. The Morgan fingerprint density at radius 1 is 0.493 bits per heavy atom. The van der Waals surface area contributed by atoms with Crippen LogP contribution in [0.4, 0.5) is 0 Å². The van der Waals surface area contributed by atoms with E-state index >= 15 is 0 Å². The van der Waals surface area contributed by atoms with Crippen molar-refractivity contribution < 1.29 is 32.9 Å². The third-order valence-corrected chi connectivity index (χ3v) is 12.3. The van der Waals surface area contributed by atoms with Crippen LogP contribution in [0.25, 0.3) is 0 Å². The summed E-state index contributed by atoms with van der Waals surface area (Å²) in [6, 6.07) is -0.876. The van der Waals surface area contributed by atoms with Gasteiger partial charge in [0.15, 0.2) is 0 Å². The molecule has 0 fully saturated rings. The lowest BCUT2D eigenvalue weighted by Gasteiger charge is -2.25. The number of aliphatic hydroxyl groups excluding tert-OH is 1. The van der Waals surface area contributed by atoms with E-state index in [0.717, 1.165) is 116 Å². The number of carbonyl (C=O) groups excluding carboxylic acids is 1. The van der Waals surface area contributed by atoms with Crippen LogP contribution in [-0.4, -0.2) is 73.4 Å². The molecule has 3 atom stereocenters. The number of rotatable bonds is 48. The van der Waals surface area contributed by atoms with Crippen molar-refractivity contribution in [2.45, 2.75) is 199 Å². The number of nitrogens with zero attached hydrogens (tertiary/aromatic N) is 1. The van der Waals surface area contributed by atoms with E-state index in [4.69, 9.17) is 9.05 Å². The topological polar surface area (TPSA) is 105 Å². The maximum absolute atomic E-state index is 12.9. The maximum atomic E-state index is 12.9. The molecule has 402 valence electrons. The van der Waals surface area contributed by atoms with Gasteiger partial charge < -0.3 is 19.8 Å². The van der Waals surface area contributed by atoms with Crippen LogP contribution in [-0.2, 0) is 18.4 Å². The molecule has 0 heterocycles. The fourth-order valence-electron chi connectivity index (χ4n) is 6.97. The second kappa shape index (κ2) is 51.3. The van der Waals surface area contributed by atoms with E-state index in [1.807, 2.05) is 27.2 Å². The van der Waals surface area contributed by atoms with Gasteiger partial charge in [-0.2, -0.15) is 0 Å².